The van der Waals surface area contributed by atoms with Crippen LogP contribution in [-0.4, -0.2) is 27.5 Å². The van der Waals surface area contributed by atoms with Gasteiger partial charge in [0.05, 0.1) is 18.4 Å². The molecule has 0 aliphatic carbocycles. The van der Waals surface area contributed by atoms with Crippen LogP contribution in [0.3, 0.4) is 0 Å². The molecule has 2 rings (SSSR count). The third kappa shape index (κ3) is 6.23. The predicted molar refractivity (Wildman–Crippen MR) is 108 cm³/mol. The zero-order chi connectivity index (χ0) is 20.0. The Morgan fingerprint density at radius 1 is 1.22 bits per heavy atom. The van der Waals surface area contributed by atoms with Crippen LogP contribution in [0.5, 0.6) is 5.75 Å². The highest BCUT2D eigenvalue weighted by atomic mass is 35.5. The number of methoxy groups -OCH3 is 1. The molecule has 0 fully saturated rings. The molecule has 1 amide bonds. The summed E-state index contributed by atoms with van der Waals surface area (Å²) in [6.07, 6.45) is 0.707. The van der Waals surface area contributed by atoms with E-state index in [1.54, 1.807) is 42.5 Å². The van der Waals surface area contributed by atoms with E-state index < -0.39 is 10.0 Å². The number of ether oxygens (including phenoxy) is 1. The number of hydrogen-bond acceptors (Lipinski definition) is 4. The van der Waals surface area contributed by atoms with Crippen molar-refractivity contribution in [1.29, 1.82) is 0 Å². The predicted octanol–water partition coefficient (Wildman–Crippen LogP) is 3.82. The average molecular weight is 411 g/mol. The largest absolute Gasteiger partial charge is 0.496 e. The lowest BCUT2D eigenvalue weighted by molar-refractivity contribution is 0.102. The van der Waals surface area contributed by atoms with E-state index >= 15 is 0 Å². The van der Waals surface area contributed by atoms with E-state index in [9.17, 15) is 13.2 Å². The third-order valence-corrected chi connectivity index (χ3v) is 5.65. The van der Waals surface area contributed by atoms with Crippen LogP contribution in [-0.2, 0) is 15.8 Å². The van der Waals surface area contributed by atoms with Crippen LogP contribution in [0.1, 0.15) is 36.2 Å². The van der Waals surface area contributed by atoms with E-state index in [1.165, 1.54) is 7.11 Å². The summed E-state index contributed by atoms with van der Waals surface area (Å²) in [6, 6.07) is 11.3. The smallest absolute Gasteiger partial charge is 0.259 e. The molecule has 0 saturated carbocycles. The van der Waals surface area contributed by atoms with E-state index in [-0.39, 0.29) is 17.7 Å². The summed E-state index contributed by atoms with van der Waals surface area (Å²) >= 11 is 5.91. The van der Waals surface area contributed by atoms with Crippen LogP contribution >= 0.6 is 11.6 Å². The van der Waals surface area contributed by atoms with E-state index in [4.69, 9.17) is 16.3 Å². The van der Waals surface area contributed by atoms with Gasteiger partial charge in [-0.25, -0.2) is 13.1 Å². The van der Waals surface area contributed by atoms with Crippen LogP contribution in [0.4, 0.5) is 5.69 Å². The fourth-order valence-corrected chi connectivity index (χ4v) is 4.08. The molecule has 2 aromatic carbocycles. The summed E-state index contributed by atoms with van der Waals surface area (Å²) in [5, 5.41) is 3.22. The molecule has 0 saturated heterocycles. The van der Waals surface area contributed by atoms with E-state index in [0.29, 0.717) is 34.0 Å². The molecule has 0 radical (unpaired) electrons. The van der Waals surface area contributed by atoms with Crippen molar-refractivity contribution in [2.45, 2.75) is 32.1 Å². The number of halogens is 1. The number of nitrogens with one attached hydrogen (secondary N) is 2. The molecule has 2 aromatic rings. The number of rotatable bonds is 8. The first-order valence-corrected chi connectivity index (χ1v) is 10.5. The lowest BCUT2D eigenvalue weighted by Gasteiger charge is -2.13. The van der Waals surface area contributed by atoms with E-state index in [1.807, 2.05) is 13.8 Å². The number of anilines is 1. The zero-order valence-corrected chi connectivity index (χ0v) is 17.0. The number of carbonyl (C=O) groups is 1. The molecule has 1 atom stereocenters. The minimum absolute atomic E-state index is 0.129. The minimum atomic E-state index is -3.46. The Morgan fingerprint density at radius 3 is 2.63 bits per heavy atom. The first-order valence-electron chi connectivity index (χ1n) is 8.48. The van der Waals surface area contributed by atoms with Gasteiger partial charge in [-0.2, -0.15) is 0 Å². The fourth-order valence-electron chi connectivity index (χ4n) is 2.44. The van der Waals surface area contributed by atoms with Crippen molar-refractivity contribution in [1.82, 2.24) is 4.72 Å². The second kappa shape index (κ2) is 9.21. The lowest BCUT2D eigenvalue weighted by atomic mass is 10.1. The zero-order valence-electron chi connectivity index (χ0n) is 15.5. The molecule has 6 nitrogen and oxygen atoms in total. The Hall–Kier alpha value is -2.09. The number of amides is 1. The maximum atomic E-state index is 12.5. The van der Waals surface area contributed by atoms with Crippen molar-refractivity contribution in [2.75, 3.05) is 12.4 Å². The molecule has 0 bridgehead atoms. The number of benzene rings is 2. The summed E-state index contributed by atoms with van der Waals surface area (Å²) in [5.74, 6) is -0.177. The van der Waals surface area contributed by atoms with Crippen molar-refractivity contribution in [3.05, 3.63) is 58.6 Å². The van der Waals surface area contributed by atoms with Gasteiger partial charge in [0.15, 0.2) is 0 Å². The van der Waals surface area contributed by atoms with Crippen LogP contribution in [0.25, 0.3) is 0 Å². The second-order valence-corrected chi connectivity index (χ2v) is 8.38. The van der Waals surface area contributed by atoms with E-state index in [2.05, 4.69) is 10.0 Å². The SMILES string of the molecule is CC[C@H](C)NS(=O)(=O)Cc1cccc(NC(=O)c2ccc(Cl)cc2OC)c1. The summed E-state index contributed by atoms with van der Waals surface area (Å²) in [4.78, 5) is 12.5. The molecule has 0 aromatic heterocycles. The van der Waals surface area contributed by atoms with Crippen molar-refractivity contribution in [3.8, 4) is 5.75 Å². The molecule has 0 aliphatic heterocycles. The normalized spacial score (nSPS) is 12.4. The van der Waals surface area contributed by atoms with Gasteiger partial charge in [0.2, 0.25) is 10.0 Å². The number of hydrogen-bond donors (Lipinski definition) is 2. The van der Waals surface area contributed by atoms with Gasteiger partial charge in [-0.15, -0.1) is 0 Å². The van der Waals surface area contributed by atoms with Gasteiger partial charge < -0.3 is 10.1 Å². The first kappa shape index (κ1) is 21.2. The molecular weight excluding hydrogens is 388 g/mol. The highest BCUT2D eigenvalue weighted by molar-refractivity contribution is 7.88. The Balaban J connectivity index is 2.15. The molecule has 0 heterocycles. The first-order chi connectivity index (χ1) is 12.7. The highest BCUT2D eigenvalue weighted by Gasteiger charge is 2.16. The fraction of sp³-hybridized carbons (Fsp3) is 0.316. The standard InChI is InChI=1S/C19H23ClN2O4S/c1-4-13(2)22-27(24,25)12-14-6-5-7-16(10-14)21-19(23)17-9-8-15(20)11-18(17)26-3/h5-11,13,22H,4,12H2,1-3H3,(H,21,23)/t13-/m0/s1. The van der Waals surface area contributed by atoms with Crippen molar-refractivity contribution < 1.29 is 17.9 Å². The average Bonchev–Trinajstić information content (AvgIpc) is 2.60. The molecule has 2 N–H and O–H groups in total. The highest BCUT2D eigenvalue weighted by Crippen LogP contribution is 2.24. The summed E-state index contributed by atoms with van der Waals surface area (Å²) in [5.41, 5.74) is 1.40. The third-order valence-electron chi connectivity index (χ3n) is 3.94. The minimum Gasteiger partial charge on any atom is -0.496 e. The Bertz CT molecular complexity index is 916. The molecule has 8 heteroatoms. The van der Waals surface area contributed by atoms with Crippen LogP contribution in [0.15, 0.2) is 42.5 Å². The Morgan fingerprint density at radius 2 is 1.96 bits per heavy atom. The maximum absolute atomic E-state index is 12.5. The van der Waals surface area contributed by atoms with Gasteiger partial charge in [0.1, 0.15) is 5.75 Å². The molecule has 146 valence electrons. The van der Waals surface area contributed by atoms with Crippen LogP contribution in [0, 0.1) is 0 Å². The van der Waals surface area contributed by atoms with Crippen molar-refractivity contribution >= 4 is 33.2 Å². The molecule has 27 heavy (non-hydrogen) atoms. The summed E-state index contributed by atoms with van der Waals surface area (Å²) in [7, 11) is -2.00. The van der Waals surface area contributed by atoms with E-state index in [0.717, 1.165) is 0 Å². The Labute approximate surface area is 164 Å². The van der Waals surface area contributed by atoms with Gasteiger partial charge >= 0.3 is 0 Å². The van der Waals surface area contributed by atoms with Gasteiger partial charge in [-0.05, 0) is 49.2 Å². The molecular formula is C19H23ClN2O4S. The maximum Gasteiger partial charge on any atom is 0.259 e. The summed E-state index contributed by atoms with van der Waals surface area (Å²) in [6.45, 7) is 3.72. The van der Waals surface area contributed by atoms with Crippen LogP contribution < -0.4 is 14.8 Å². The quantitative estimate of drug-likeness (QED) is 0.692. The molecule has 0 unspecified atom stereocenters. The second-order valence-electron chi connectivity index (χ2n) is 6.19. The number of sulfonamides is 1. The summed E-state index contributed by atoms with van der Waals surface area (Å²) < 4.78 is 32.2. The number of carbonyl (C=O) groups excluding carboxylic acids is 1. The molecule has 0 spiro atoms. The monoisotopic (exact) mass is 410 g/mol. The molecule has 0 aliphatic rings. The van der Waals surface area contributed by atoms with Gasteiger partial charge in [0.25, 0.3) is 5.91 Å². The van der Waals surface area contributed by atoms with Gasteiger partial charge in [0, 0.05) is 16.8 Å². The van der Waals surface area contributed by atoms with Crippen molar-refractivity contribution in [2.24, 2.45) is 0 Å². The lowest BCUT2D eigenvalue weighted by Crippen LogP contribution is -2.32. The Kier molecular flexibility index (Phi) is 7.24. The topological polar surface area (TPSA) is 84.5 Å². The van der Waals surface area contributed by atoms with Gasteiger partial charge in [-0.3, -0.25) is 4.79 Å². The van der Waals surface area contributed by atoms with Crippen LogP contribution in [0.2, 0.25) is 5.02 Å². The van der Waals surface area contributed by atoms with Gasteiger partial charge in [-0.1, -0.05) is 30.7 Å². The van der Waals surface area contributed by atoms with Crippen molar-refractivity contribution in [3.63, 3.8) is 0 Å².